The first kappa shape index (κ1) is 14.1. The van der Waals surface area contributed by atoms with E-state index in [9.17, 15) is 9.18 Å². The first-order valence-electron chi connectivity index (χ1n) is 6.48. The minimum absolute atomic E-state index is 0.0944. The van der Waals surface area contributed by atoms with Crippen molar-refractivity contribution >= 4 is 21.7 Å². The van der Waals surface area contributed by atoms with Crippen LogP contribution in [0.2, 0.25) is 0 Å². The van der Waals surface area contributed by atoms with Crippen molar-refractivity contribution in [3.63, 3.8) is 0 Å². The molecule has 0 saturated heterocycles. The van der Waals surface area contributed by atoms with Crippen LogP contribution in [0.25, 0.3) is 0 Å². The molecule has 3 rings (SSSR count). The van der Waals surface area contributed by atoms with Gasteiger partial charge in [-0.25, -0.2) is 4.39 Å². The van der Waals surface area contributed by atoms with Crippen molar-refractivity contribution in [3.05, 3.63) is 58.3 Å². The molecule has 0 bridgehead atoms. The number of rotatable bonds is 3. The Morgan fingerprint density at radius 3 is 2.76 bits per heavy atom. The third-order valence-corrected chi connectivity index (χ3v) is 3.84. The number of Topliss-reactive ketones (excluding diaryl/α,β-unsaturated/α-hetero) is 1. The maximum atomic E-state index is 13.2. The SMILES string of the molecule is O=C(Cc1ccc(F)c(Br)c1)C1COc2ccccc2O1. The fraction of sp³-hybridized carbons (Fsp3) is 0.188. The van der Waals surface area contributed by atoms with Gasteiger partial charge in [0.25, 0.3) is 0 Å². The van der Waals surface area contributed by atoms with Crippen LogP contribution >= 0.6 is 15.9 Å². The molecule has 2 aromatic rings. The smallest absolute Gasteiger partial charge is 0.191 e. The van der Waals surface area contributed by atoms with Gasteiger partial charge in [-0.1, -0.05) is 18.2 Å². The molecule has 0 spiro atoms. The topological polar surface area (TPSA) is 35.5 Å². The van der Waals surface area contributed by atoms with E-state index in [1.807, 2.05) is 12.1 Å². The van der Waals surface area contributed by atoms with Crippen LogP contribution < -0.4 is 9.47 Å². The van der Waals surface area contributed by atoms with Gasteiger partial charge in [0.15, 0.2) is 23.4 Å². The van der Waals surface area contributed by atoms with E-state index in [4.69, 9.17) is 9.47 Å². The van der Waals surface area contributed by atoms with Crippen LogP contribution in [-0.4, -0.2) is 18.5 Å². The van der Waals surface area contributed by atoms with Gasteiger partial charge in [-0.3, -0.25) is 4.79 Å². The molecular weight excluding hydrogens is 339 g/mol. The Bertz CT molecular complexity index is 687. The van der Waals surface area contributed by atoms with Crippen LogP contribution in [0.4, 0.5) is 4.39 Å². The lowest BCUT2D eigenvalue weighted by Gasteiger charge is -2.25. The maximum Gasteiger partial charge on any atom is 0.191 e. The highest BCUT2D eigenvalue weighted by Crippen LogP contribution is 2.31. The van der Waals surface area contributed by atoms with Crippen molar-refractivity contribution in [3.8, 4) is 11.5 Å². The van der Waals surface area contributed by atoms with Crippen molar-refractivity contribution in [2.24, 2.45) is 0 Å². The molecule has 1 aliphatic rings. The van der Waals surface area contributed by atoms with E-state index in [0.29, 0.717) is 16.0 Å². The summed E-state index contributed by atoms with van der Waals surface area (Å²) in [6.45, 7) is 0.193. The third-order valence-electron chi connectivity index (χ3n) is 3.23. The average molecular weight is 351 g/mol. The molecule has 21 heavy (non-hydrogen) atoms. The van der Waals surface area contributed by atoms with E-state index in [-0.39, 0.29) is 24.6 Å². The van der Waals surface area contributed by atoms with E-state index in [2.05, 4.69) is 15.9 Å². The number of hydrogen-bond donors (Lipinski definition) is 0. The molecular formula is C16H12BrFO3. The Hall–Kier alpha value is -1.88. The number of para-hydroxylation sites is 2. The molecule has 0 N–H and O–H groups in total. The van der Waals surface area contributed by atoms with Gasteiger partial charge in [-0.2, -0.15) is 0 Å². The molecule has 1 aliphatic heterocycles. The second kappa shape index (κ2) is 5.85. The highest BCUT2D eigenvalue weighted by atomic mass is 79.9. The Labute approximate surface area is 129 Å². The van der Waals surface area contributed by atoms with Crippen molar-refractivity contribution in [2.45, 2.75) is 12.5 Å². The van der Waals surface area contributed by atoms with Crippen molar-refractivity contribution in [1.29, 1.82) is 0 Å². The first-order valence-corrected chi connectivity index (χ1v) is 7.28. The van der Waals surface area contributed by atoms with Gasteiger partial charge in [-0.05, 0) is 45.8 Å². The molecule has 108 valence electrons. The quantitative estimate of drug-likeness (QED) is 0.849. The van der Waals surface area contributed by atoms with Gasteiger partial charge in [0.05, 0.1) is 4.47 Å². The van der Waals surface area contributed by atoms with Gasteiger partial charge >= 0.3 is 0 Å². The lowest BCUT2D eigenvalue weighted by Crippen LogP contribution is -2.37. The van der Waals surface area contributed by atoms with Crippen LogP contribution in [0.15, 0.2) is 46.9 Å². The molecule has 5 heteroatoms. The molecule has 0 radical (unpaired) electrons. The van der Waals surface area contributed by atoms with Crippen LogP contribution in [0.1, 0.15) is 5.56 Å². The Kier molecular flexibility index (Phi) is 3.92. The minimum atomic E-state index is -0.635. The number of benzene rings is 2. The average Bonchev–Trinajstić information content (AvgIpc) is 2.50. The molecule has 0 amide bonds. The lowest BCUT2D eigenvalue weighted by molar-refractivity contribution is -0.127. The molecule has 0 saturated carbocycles. The number of fused-ring (bicyclic) bond motifs is 1. The van der Waals surface area contributed by atoms with E-state index < -0.39 is 6.10 Å². The summed E-state index contributed by atoms with van der Waals surface area (Å²) in [5.74, 6) is 0.772. The Morgan fingerprint density at radius 1 is 1.24 bits per heavy atom. The zero-order chi connectivity index (χ0) is 14.8. The van der Waals surface area contributed by atoms with Crippen LogP contribution in [-0.2, 0) is 11.2 Å². The number of ether oxygens (including phenoxy) is 2. The van der Waals surface area contributed by atoms with E-state index in [1.165, 1.54) is 6.07 Å². The predicted molar refractivity (Wildman–Crippen MR) is 79.2 cm³/mol. The normalized spacial score (nSPS) is 16.6. The van der Waals surface area contributed by atoms with Gasteiger partial charge in [0, 0.05) is 6.42 Å². The van der Waals surface area contributed by atoms with Gasteiger partial charge in [0.2, 0.25) is 0 Å². The monoisotopic (exact) mass is 350 g/mol. The van der Waals surface area contributed by atoms with Crippen molar-refractivity contribution < 1.29 is 18.7 Å². The van der Waals surface area contributed by atoms with Gasteiger partial charge < -0.3 is 9.47 Å². The van der Waals surface area contributed by atoms with Gasteiger partial charge in [0.1, 0.15) is 12.4 Å². The Balaban J connectivity index is 1.70. The maximum absolute atomic E-state index is 13.2. The largest absolute Gasteiger partial charge is 0.485 e. The molecule has 0 aliphatic carbocycles. The fourth-order valence-electron chi connectivity index (χ4n) is 2.14. The molecule has 0 aromatic heterocycles. The summed E-state index contributed by atoms with van der Waals surface area (Å²) in [7, 11) is 0. The fourth-order valence-corrected chi connectivity index (χ4v) is 2.57. The number of carbonyl (C=O) groups excluding carboxylic acids is 1. The summed E-state index contributed by atoms with van der Waals surface area (Å²) in [4.78, 5) is 12.3. The number of halogens is 2. The molecule has 0 fully saturated rings. The predicted octanol–water partition coefficient (Wildman–Crippen LogP) is 3.54. The third kappa shape index (κ3) is 3.08. The number of carbonyl (C=O) groups is 1. The van der Waals surface area contributed by atoms with Crippen LogP contribution in [0.3, 0.4) is 0 Å². The Morgan fingerprint density at radius 2 is 2.00 bits per heavy atom. The molecule has 2 aromatic carbocycles. The van der Waals surface area contributed by atoms with E-state index >= 15 is 0 Å². The summed E-state index contributed by atoms with van der Waals surface area (Å²) in [5, 5.41) is 0. The summed E-state index contributed by atoms with van der Waals surface area (Å²) < 4.78 is 24.7. The van der Waals surface area contributed by atoms with Crippen LogP contribution in [0, 0.1) is 5.82 Å². The molecule has 1 atom stereocenters. The molecule has 1 heterocycles. The highest BCUT2D eigenvalue weighted by Gasteiger charge is 2.27. The van der Waals surface area contributed by atoms with E-state index in [1.54, 1.807) is 24.3 Å². The minimum Gasteiger partial charge on any atom is -0.485 e. The number of hydrogen-bond acceptors (Lipinski definition) is 3. The van der Waals surface area contributed by atoms with Crippen molar-refractivity contribution in [2.75, 3.05) is 6.61 Å². The van der Waals surface area contributed by atoms with Gasteiger partial charge in [-0.15, -0.1) is 0 Å². The second-order valence-electron chi connectivity index (χ2n) is 4.76. The van der Waals surface area contributed by atoms with E-state index in [0.717, 1.165) is 5.56 Å². The molecule has 1 unspecified atom stereocenters. The summed E-state index contributed by atoms with van der Waals surface area (Å²) >= 11 is 3.11. The second-order valence-corrected chi connectivity index (χ2v) is 5.61. The summed E-state index contributed by atoms with van der Waals surface area (Å²) in [6.07, 6.45) is -0.460. The molecule has 3 nitrogen and oxygen atoms in total. The summed E-state index contributed by atoms with van der Waals surface area (Å²) in [5.41, 5.74) is 0.732. The zero-order valence-corrected chi connectivity index (χ0v) is 12.6. The standard InChI is InChI=1S/C16H12BrFO3/c17-11-7-10(5-6-12(11)18)8-13(19)16-9-20-14-3-1-2-4-15(14)21-16/h1-7,16H,8-9H2. The first-order chi connectivity index (χ1) is 10.1. The lowest BCUT2D eigenvalue weighted by atomic mass is 10.1. The van der Waals surface area contributed by atoms with Crippen LogP contribution in [0.5, 0.6) is 11.5 Å². The van der Waals surface area contributed by atoms with Crippen molar-refractivity contribution in [1.82, 2.24) is 0 Å². The summed E-state index contributed by atoms with van der Waals surface area (Å²) in [6, 6.07) is 11.8. The number of ketones is 1. The highest BCUT2D eigenvalue weighted by molar-refractivity contribution is 9.10. The zero-order valence-electron chi connectivity index (χ0n) is 11.0.